The normalized spacial score (nSPS) is 11.8. The van der Waals surface area contributed by atoms with Gasteiger partial charge in [0.15, 0.2) is 5.65 Å². The molecule has 3 heterocycles. The number of ether oxygens (including phenoxy) is 1. The maximum absolute atomic E-state index is 14.0. The Hall–Kier alpha value is -4.33. The van der Waals surface area contributed by atoms with Gasteiger partial charge in [-0.05, 0) is 25.1 Å². The summed E-state index contributed by atoms with van der Waals surface area (Å²) in [5.41, 5.74) is 6.84. The van der Waals surface area contributed by atoms with E-state index in [1.165, 1.54) is 30.1 Å². The number of hydrogen-bond acceptors (Lipinski definition) is 8. The maximum atomic E-state index is 14.0. The van der Waals surface area contributed by atoms with E-state index in [9.17, 15) is 14.0 Å². The summed E-state index contributed by atoms with van der Waals surface area (Å²) in [6.07, 6.45) is 1.22. The molecule has 0 spiro atoms. The second kappa shape index (κ2) is 7.83. The van der Waals surface area contributed by atoms with E-state index in [1.54, 1.807) is 19.1 Å². The summed E-state index contributed by atoms with van der Waals surface area (Å²) in [7, 11) is 1.46. The van der Waals surface area contributed by atoms with E-state index < -0.39 is 17.7 Å². The number of nitrogen functional groups attached to an aromatic ring is 1. The van der Waals surface area contributed by atoms with Crippen LogP contribution in [0.2, 0.25) is 0 Å². The number of aromatic nitrogens is 5. The largest absolute Gasteiger partial charge is 0.481 e. The van der Waals surface area contributed by atoms with Crippen molar-refractivity contribution in [1.82, 2.24) is 24.5 Å². The summed E-state index contributed by atoms with van der Waals surface area (Å²) in [5.74, 6) is -0.575. The summed E-state index contributed by atoms with van der Waals surface area (Å²) in [6.45, 7) is 1.75. The molecule has 9 nitrogen and oxygen atoms in total. The monoisotopic (exact) mass is 422 g/mol. The number of halogens is 2. The number of methoxy groups -OCH3 is 1. The number of hydrogen-bond donors (Lipinski definition) is 2. The van der Waals surface area contributed by atoms with E-state index in [0.29, 0.717) is 22.9 Å². The van der Waals surface area contributed by atoms with Gasteiger partial charge in [0.05, 0.1) is 18.8 Å². The molecule has 1 atom stereocenters. The van der Waals surface area contributed by atoms with Gasteiger partial charge in [-0.3, -0.25) is 4.57 Å². The topological polar surface area (TPSA) is 128 Å². The number of nitrogens with one attached hydrogen (secondary N) is 1. The standard InChI is InChI=1S/C20H16F2N8O/c1-10(27-18-14(8-23)17(24)25-9-26-18)19-28-15-3-4-16(31-2)29-20(15)30(19)13-6-11(21)5-12(22)7-13/h3-7,9-10H,1-2H3,(H3,24,25,26,27). The second-order valence-electron chi connectivity index (χ2n) is 6.59. The predicted octanol–water partition coefficient (Wildman–Crippen LogP) is 3.12. The lowest BCUT2D eigenvalue weighted by molar-refractivity contribution is 0.399. The Morgan fingerprint density at radius 1 is 1.16 bits per heavy atom. The fourth-order valence-corrected chi connectivity index (χ4v) is 3.17. The number of fused-ring (bicyclic) bond motifs is 1. The van der Waals surface area contributed by atoms with Gasteiger partial charge in [-0.15, -0.1) is 0 Å². The SMILES string of the molecule is COc1ccc2nc(C(C)Nc3ncnc(N)c3C#N)n(-c3cc(F)cc(F)c3)c2n1. The van der Waals surface area contributed by atoms with E-state index in [1.807, 2.05) is 6.07 Å². The minimum atomic E-state index is -0.748. The van der Waals surface area contributed by atoms with Crippen LogP contribution in [0.5, 0.6) is 5.88 Å². The van der Waals surface area contributed by atoms with Gasteiger partial charge >= 0.3 is 0 Å². The third-order valence-electron chi connectivity index (χ3n) is 4.55. The van der Waals surface area contributed by atoms with Crippen molar-refractivity contribution in [2.24, 2.45) is 0 Å². The molecular formula is C20H16F2N8O. The van der Waals surface area contributed by atoms with Crippen molar-refractivity contribution in [3.8, 4) is 17.6 Å². The van der Waals surface area contributed by atoms with E-state index in [-0.39, 0.29) is 22.9 Å². The van der Waals surface area contributed by atoms with Gasteiger partial charge in [0.1, 0.15) is 52.6 Å². The molecule has 0 aliphatic rings. The second-order valence-corrected chi connectivity index (χ2v) is 6.59. The van der Waals surface area contributed by atoms with Crippen molar-refractivity contribution in [1.29, 1.82) is 5.26 Å². The van der Waals surface area contributed by atoms with Crippen LogP contribution in [-0.4, -0.2) is 31.6 Å². The minimum Gasteiger partial charge on any atom is -0.481 e. The molecule has 0 bridgehead atoms. The third-order valence-corrected chi connectivity index (χ3v) is 4.55. The molecule has 3 N–H and O–H groups in total. The molecule has 0 aliphatic carbocycles. The van der Waals surface area contributed by atoms with Crippen LogP contribution in [0.1, 0.15) is 24.4 Å². The first-order valence-corrected chi connectivity index (χ1v) is 9.08. The molecule has 1 aromatic carbocycles. The molecule has 4 rings (SSSR count). The lowest BCUT2D eigenvalue weighted by atomic mass is 10.2. The fraction of sp³-hybridized carbons (Fsp3) is 0.150. The van der Waals surface area contributed by atoms with Gasteiger partial charge in [-0.25, -0.2) is 23.7 Å². The van der Waals surface area contributed by atoms with Crippen LogP contribution in [0.4, 0.5) is 20.4 Å². The van der Waals surface area contributed by atoms with Crippen LogP contribution in [-0.2, 0) is 0 Å². The Morgan fingerprint density at radius 2 is 1.90 bits per heavy atom. The zero-order valence-corrected chi connectivity index (χ0v) is 16.5. The summed E-state index contributed by atoms with van der Waals surface area (Å²) in [6, 6.07) is 7.83. The van der Waals surface area contributed by atoms with E-state index in [0.717, 1.165) is 6.07 Å². The Morgan fingerprint density at radius 3 is 2.58 bits per heavy atom. The Labute approximate surface area is 175 Å². The number of anilines is 2. The summed E-state index contributed by atoms with van der Waals surface area (Å²) in [4.78, 5) is 16.8. The van der Waals surface area contributed by atoms with Gasteiger partial charge in [0.2, 0.25) is 5.88 Å². The fourth-order valence-electron chi connectivity index (χ4n) is 3.17. The number of nitrogens with two attached hydrogens (primary N) is 1. The molecule has 4 aromatic rings. The molecule has 0 amide bonds. The molecule has 3 aromatic heterocycles. The van der Waals surface area contributed by atoms with Gasteiger partial charge in [-0.2, -0.15) is 10.2 Å². The first-order chi connectivity index (χ1) is 14.9. The highest BCUT2D eigenvalue weighted by molar-refractivity contribution is 5.75. The van der Waals surface area contributed by atoms with E-state index >= 15 is 0 Å². The van der Waals surface area contributed by atoms with Gasteiger partial charge in [-0.1, -0.05) is 0 Å². The zero-order valence-electron chi connectivity index (χ0n) is 16.5. The van der Waals surface area contributed by atoms with Gasteiger partial charge < -0.3 is 15.8 Å². The Bertz CT molecular complexity index is 1310. The number of pyridine rings is 1. The number of imidazole rings is 1. The average Bonchev–Trinajstić information content (AvgIpc) is 3.12. The Kier molecular flexibility index (Phi) is 5.04. The lowest BCUT2D eigenvalue weighted by Crippen LogP contribution is -2.16. The van der Waals surface area contributed by atoms with Gasteiger partial charge in [0, 0.05) is 12.1 Å². The maximum Gasteiger partial charge on any atom is 0.215 e. The highest BCUT2D eigenvalue weighted by atomic mass is 19.1. The predicted molar refractivity (Wildman–Crippen MR) is 109 cm³/mol. The van der Waals surface area contributed by atoms with Crippen LogP contribution < -0.4 is 15.8 Å². The van der Waals surface area contributed by atoms with Crippen LogP contribution in [0.3, 0.4) is 0 Å². The average molecular weight is 422 g/mol. The first-order valence-electron chi connectivity index (χ1n) is 9.08. The minimum absolute atomic E-state index is 0.0271. The highest BCUT2D eigenvalue weighted by Crippen LogP contribution is 2.29. The molecule has 0 fully saturated rings. The van der Waals surface area contributed by atoms with Crippen LogP contribution in [0, 0.1) is 23.0 Å². The molecule has 0 saturated heterocycles. The molecule has 31 heavy (non-hydrogen) atoms. The van der Waals surface area contributed by atoms with Crippen molar-refractivity contribution >= 4 is 22.8 Å². The molecule has 11 heteroatoms. The molecule has 156 valence electrons. The quantitative estimate of drug-likeness (QED) is 0.502. The smallest absolute Gasteiger partial charge is 0.215 e. The molecule has 0 aliphatic heterocycles. The third kappa shape index (κ3) is 3.66. The van der Waals surface area contributed by atoms with Crippen molar-refractivity contribution in [3.05, 3.63) is 59.7 Å². The highest BCUT2D eigenvalue weighted by Gasteiger charge is 2.22. The van der Waals surface area contributed by atoms with Crippen molar-refractivity contribution in [2.45, 2.75) is 13.0 Å². The molecule has 0 radical (unpaired) electrons. The number of rotatable bonds is 5. The first kappa shape index (κ1) is 20.0. The summed E-state index contributed by atoms with van der Waals surface area (Å²) in [5, 5.41) is 12.4. The van der Waals surface area contributed by atoms with E-state index in [4.69, 9.17) is 10.5 Å². The van der Waals surface area contributed by atoms with Crippen LogP contribution in [0.15, 0.2) is 36.7 Å². The summed E-state index contributed by atoms with van der Waals surface area (Å²) >= 11 is 0. The van der Waals surface area contributed by atoms with Crippen molar-refractivity contribution in [2.75, 3.05) is 18.2 Å². The van der Waals surface area contributed by atoms with Crippen LogP contribution in [0.25, 0.3) is 16.9 Å². The van der Waals surface area contributed by atoms with Crippen molar-refractivity contribution in [3.63, 3.8) is 0 Å². The zero-order chi connectivity index (χ0) is 22.1. The number of nitrogens with zero attached hydrogens (tertiary/aromatic N) is 6. The molecule has 1 unspecified atom stereocenters. The molecule has 0 saturated carbocycles. The number of benzene rings is 1. The Balaban J connectivity index is 1.89. The molecular weight excluding hydrogens is 406 g/mol. The van der Waals surface area contributed by atoms with E-state index in [2.05, 4.69) is 25.3 Å². The lowest BCUT2D eigenvalue weighted by Gasteiger charge is -2.17. The van der Waals surface area contributed by atoms with Gasteiger partial charge in [0.25, 0.3) is 0 Å². The number of nitriles is 1. The van der Waals surface area contributed by atoms with Crippen molar-refractivity contribution < 1.29 is 13.5 Å². The van der Waals surface area contributed by atoms with Crippen LogP contribution >= 0.6 is 0 Å². The summed E-state index contributed by atoms with van der Waals surface area (Å²) < 4.78 is 34.7.